The van der Waals surface area contributed by atoms with Gasteiger partial charge >= 0.3 is 0 Å². The third-order valence-electron chi connectivity index (χ3n) is 2.98. The zero-order valence-corrected chi connectivity index (χ0v) is 13.1. The number of ether oxygens (including phenoxy) is 2. The Balaban J connectivity index is 1.77. The molecular formula is C14H9ClN2O2S2. The summed E-state index contributed by atoms with van der Waals surface area (Å²) in [6, 6.07) is 5.77. The smallest absolute Gasteiger partial charge is 0.191 e. The van der Waals surface area contributed by atoms with Crippen molar-refractivity contribution in [3.05, 3.63) is 34.1 Å². The molecule has 0 aromatic carbocycles. The first kappa shape index (κ1) is 13.1. The Kier molecular flexibility index (Phi) is 3.29. The lowest BCUT2D eigenvalue weighted by Crippen LogP contribution is -2.14. The van der Waals surface area contributed by atoms with E-state index in [0.29, 0.717) is 29.0 Å². The summed E-state index contributed by atoms with van der Waals surface area (Å²) >= 11 is 9.20. The number of fused-ring (bicyclic) bond motifs is 1. The minimum atomic E-state index is 0.528. The molecule has 3 aromatic heterocycles. The summed E-state index contributed by atoms with van der Waals surface area (Å²) in [4.78, 5) is 9.88. The van der Waals surface area contributed by atoms with Crippen molar-refractivity contribution >= 4 is 34.3 Å². The molecule has 0 aliphatic carbocycles. The predicted octanol–water partition coefficient (Wildman–Crippen LogP) is 4.36. The maximum atomic E-state index is 6.21. The molecule has 106 valence electrons. The van der Waals surface area contributed by atoms with Gasteiger partial charge in [0.2, 0.25) is 0 Å². The average molecular weight is 337 g/mol. The second kappa shape index (κ2) is 5.29. The van der Waals surface area contributed by atoms with Crippen LogP contribution in [0.25, 0.3) is 21.3 Å². The van der Waals surface area contributed by atoms with Gasteiger partial charge in [-0.1, -0.05) is 17.7 Å². The first-order valence-electron chi connectivity index (χ1n) is 6.28. The number of halogens is 1. The minimum Gasteiger partial charge on any atom is -0.484 e. The fourth-order valence-electron chi connectivity index (χ4n) is 2.07. The van der Waals surface area contributed by atoms with Gasteiger partial charge in [-0.3, -0.25) is 4.98 Å². The zero-order valence-electron chi connectivity index (χ0n) is 10.7. The van der Waals surface area contributed by atoms with Gasteiger partial charge < -0.3 is 9.47 Å². The first-order valence-corrected chi connectivity index (χ1v) is 8.35. The average Bonchev–Trinajstić information content (AvgIpc) is 3.14. The molecule has 0 radical (unpaired) electrons. The summed E-state index contributed by atoms with van der Waals surface area (Å²) < 4.78 is 11.9. The van der Waals surface area contributed by atoms with Crippen LogP contribution >= 0.6 is 34.3 Å². The van der Waals surface area contributed by atoms with E-state index in [1.807, 2.05) is 23.6 Å². The van der Waals surface area contributed by atoms with Crippen molar-refractivity contribution in [2.45, 2.75) is 0 Å². The van der Waals surface area contributed by atoms with Crippen LogP contribution in [0.5, 0.6) is 11.5 Å². The molecule has 1 aliphatic rings. The van der Waals surface area contributed by atoms with E-state index in [0.717, 1.165) is 21.3 Å². The summed E-state index contributed by atoms with van der Waals surface area (Å²) in [6.45, 7) is 1.06. The lowest BCUT2D eigenvalue weighted by atomic mass is 10.3. The number of thiazole rings is 1. The third-order valence-corrected chi connectivity index (χ3v) is 5.32. The summed E-state index contributed by atoms with van der Waals surface area (Å²) in [5, 5.41) is 2.86. The van der Waals surface area contributed by atoms with Gasteiger partial charge in [0.1, 0.15) is 33.1 Å². The van der Waals surface area contributed by atoms with Gasteiger partial charge in [-0.05, 0) is 12.1 Å². The quantitative estimate of drug-likeness (QED) is 0.697. The molecule has 1 aliphatic heterocycles. The normalized spacial score (nSPS) is 13.4. The highest BCUT2D eigenvalue weighted by atomic mass is 35.5. The van der Waals surface area contributed by atoms with Crippen LogP contribution in [-0.2, 0) is 0 Å². The van der Waals surface area contributed by atoms with Crippen molar-refractivity contribution in [3.63, 3.8) is 0 Å². The standard InChI is InChI=1S/C14H9ClN2O2S2/c15-13-11-10(18-5-6-19-11)12(21-13)14-17-9(7-20-14)8-3-1-2-4-16-8/h1-4,7H,5-6H2. The van der Waals surface area contributed by atoms with Gasteiger partial charge in [-0.25, -0.2) is 4.98 Å². The minimum absolute atomic E-state index is 0.528. The van der Waals surface area contributed by atoms with Crippen molar-refractivity contribution in [1.82, 2.24) is 9.97 Å². The fraction of sp³-hybridized carbons (Fsp3) is 0.143. The van der Waals surface area contributed by atoms with E-state index in [2.05, 4.69) is 9.97 Å². The lowest BCUT2D eigenvalue weighted by molar-refractivity contribution is 0.174. The van der Waals surface area contributed by atoms with Crippen LogP contribution in [0.4, 0.5) is 0 Å². The van der Waals surface area contributed by atoms with Gasteiger partial charge in [-0.15, -0.1) is 22.7 Å². The SMILES string of the molecule is Clc1sc(-c2nc(-c3ccccn3)cs2)c2c1OCCO2. The Morgan fingerprint density at radius 2 is 1.95 bits per heavy atom. The fourth-order valence-corrected chi connectivity index (χ4v) is 4.26. The van der Waals surface area contributed by atoms with Crippen molar-refractivity contribution < 1.29 is 9.47 Å². The molecular weight excluding hydrogens is 328 g/mol. The lowest BCUT2D eigenvalue weighted by Gasteiger charge is -2.15. The van der Waals surface area contributed by atoms with Crippen LogP contribution in [0.1, 0.15) is 0 Å². The molecule has 4 nitrogen and oxygen atoms in total. The molecule has 0 fully saturated rings. The van der Waals surface area contributed by atoms with Crippen molar-refractivity contribution in [3.8, 4) is 32.8 Å². The van der Waals surface area contributed by atoms with Crippen molar-refractivity contribution in [2.75, 3.05) is 13.2 Å². The Morgan fingerprint density at radius 3 is 2.76 bits per heavy atom. The largest absolute Gasteiger partial charge is 0.484 e. The van der Waals surface area contributed by atoms with Gasteiger partial charge in [-0.2, -0.15) is 0 Å². The van der Waals surface area contributed by atoms with Crippen LogP contribution in [0.15, 0.2) is 29.8 Å². The molecule has 3 aromatic rings. The molecule has 0 atom stereocenters. The second-order valence-electron chi connectivity index (χ2n) is 4.31. The number of hydrogen-bond acceptors (Lipinski definition) is 6. The molecule has 0 spiro atoms. The van der Waals surface area contributed by atoms with E-state index >= 15 is 0 Å². The number of thiophene rings is 1. The highest BCUT2D eigenvalue weighted by Gasteiger charge is 2.26. The van der Waals surface area contributed by atoms with E-state index in [4.69, 9.17) is 21.1 Å². The number of rotatable bonds is 2. The first-order chi connectivity index (χ1) is 10.3. The van der Waals surface area contributed by atoms with Gasteiger partial charge in [0.15, 0.2) is 11.5 Å². The molecule has 0 amide bonds. The molecule has 0 bridgehead atoms. The van der Waals surface area contributed by atoms with Gasteiger partial charge in [0.05, 0.1) is 5.69 Å². The number of pyridine rings is 1. The van der Waals surface area contributed by atoms with E-state index in [9.17, 15) is 0 Å². The van der Waals surface area contributed by atoms with Crippen LogP contribution in [0.2, 0.25) is 4.34 Å². The zero-order chi connectivity index (χ0) is 14.2. The molecule has 4 rings (SSSR count). The van der Waals surface area contributed by atoms with Gasteiger partial charge in [0, 0.05) is 11.6 Å². The molecule has 0 N–H and O–H groups in total. The van der Waals surface area contributed by atoms with E-state index < -0.39 is 0 Å². The molecule has 4 heterocycles. The van der Waals surface area contributed by atoms with Crippen LogP contribution < -0.4 is 9.47 Å². The molecule has 21 heavy (non-hydrogen) atoms. The Morgan fingerprint density at radius 1 is 1.10 bits per heavy atom. The predicted molar refractivity (Wildman–Crippen MR) is 84.7 cm³/mol. The second-order valence-corrected chi connectivity index (χ2v) is 6.79. The summed E-state index contributed by atoms with van der Waals surface area (Å²) in [5.41, 5.74) is 1.71. The maximum absolute atomic E-state index is 6.21. The Labute approximate surface area is 134 Å². The molecule has 7 heteroatoms. The summed E-state index contributed by atoms with van der Waals surface area (Å²) in [7, 11) is 0. The highest BCUT2D eigenvalue weighted by molar-refractivity contribution is 7.24. The molecule has 0 saturated carbocycles. The van der Waals surface area contributed by atoms with Crippen molar-refractivity contribution in [2.24, 2.45) is 0 Å². The Hall–Kier alpha value is -1.63. The summed E-state index contributed by atoms with van der Waals surface area (Å²) in [5.74, 6) is 1.34. The van der Waals surface area contributed by atoms with Crippen molar-refractivity contribution in [1.29, 1.82) is 0 Å². The van der Waals surface area contributed by atoms with Crippen LogP contribution in [0, 0.1) is 0 Å². The third kappa shape index (κ3) is 2.29. The number of aromatic nitrogens is 2. The molecule has 0 saturated heterocycles. The topological polar surface area (TPSA) is 44.2 Å². The maximum Gasteiger partial charge on any atom is 0.191 e. The van der Waals surface area contributed by atoms with E-state index in [1.165, 1.54) is 11.3 Å². The van der Waals surface area contributed by atoms with Crippen LogP contribution in [0.3, 0.4) is 0 Å². The number of hydrogen-bond donors (Lipinski definition) is 0. The molecule has 0 unspecified atom stereocenters. The van der Waals surface area contributed by atoms with E-state index in [1.54, 1.807) is 17.5 Å². The number of nitrogens with zero attached hydrogens (tertiary/aromatic N) is 2. The highest BCUT2D eigenvalue weighted by Crippen LogP contribution is 2.52. The Bertz CT molecular complexity index is 786. The van der Waals surface area contributed by atoms with Crippen LogP contribution in [-0.4, -0.2) is 23.2 Å². The monoisotopic (exact) mass is 336 g/mol. The summed E-state index contributed by atoms with van der Waals surface area (Å²) in [6.07, 6.45) is 1.76. The van der Waals surface area contributed by atoms with E-state index in [-0.39, 0.29) is 0 Å². The van der Waals surface area contributed by atoms with Gasteiger partial charge in [0.25, 0.3) is 0 Å².